The lowest BCUT2D eigenvalue weighted by Gasteiger charge is -2.07. The Morgan fingerprint density at radius 2 is 2.23 bits per heavy atom. The molecule has 0 aliphatic heterocycles. The Balaban J connectivity index is 1.87. The number of hydrogen-bond acceptors (Lipinski definition) is 7. The molecule has 3 rings (SSSR count). The van der Waals surface area contributed by atoms with Gasteiger partial charge in [0.1, 0.15) is 0 Å². The minimum Gasteiger partial charge on any atom is -0.427 e. The number of aromatic nitrogens is 4. The van der Waals surface area contributed by atoms with E-state index in [2.05, 4.69) is 20.3 Å². The SMILES string of the molecule is O=[N+]([O-])c1ccc(Sc2nnnn2C2CC2)cc1OC(F)F. The average molecular weight is 329 g/mol. The first-order chi connectivity index (χ1) is 10.5. The molecule has 1 aromatic carbocycles. The average Bonchev–Trinajstić information content (AvgIpc) is 3.19. The molecule has 1 aliphatic rings. The third kappa shape index (κ3) is 3.13. The highest BCUT2D eigenvalue weighted by Crippen LogP contribution is 2.39. The summed E-state index contributed by atoms with van der Waals surface area (Å²) in [5.74, 6) is -0.490. The minimum atomic E-state index is -3.14. The Kier molecular flexibility index (Phi) is 3.88. The van der Waals surface area contributed by atoms with Crippen LogP contribution >= 0.6 is 11.8 Å². The number of alkyl halides is 2. The number of nitro groups is 1. The van der Waals surface area contributed by atoms with Crippen molar-refractivity contribution in [3.63, 3.8) is 0 Å². The van der Waals surface area contributed by atoms with Gasteiger partial charge in [0.05, 0.1) is 11.0 Å². The van der Waals surface area contributed by atoms with Gasteiger partial charge in [-0.1, -0.05) is 0 Å². The van der Waals surface area contributed by atoms with Crippen molar-refractivity contribution in [2.75, 3.05) is 0 Å². The number of nitrogens with zero attached hydrogens (tertiary/aromatic N) is 5. The van der Waals surface area contributed by atoms with Crippen molar-refractivity contribution in [2.45, 2.75) is 35.5 Å². The van der Waals surface area contributed by atoms with Gasteiger partial charge in [0, 0.05) is 17.0 Å². The van der Waals surface area contributed by atoms with Crippen LogP contribution in [0.1, 0.15) is 18.9 Å². The zero-order valence-corrected chi connectivity index (χ0v) is 11.7. The van der Waals surface area contributed by atoms with Crippen molar-refractivity contribution in [3.8, 4) is 5.75 Å². The fourth-order valence-corrected chi connectivity index (χ4v) is 2.67. The van der Waals surface area contributed by atoms with E-state index < -0.39 is 23.0 Å². The third-order valence-electron chi connectivity index (χ3n) is 2.91. The lowest BCUT2D eigenvalue weighted by molar-refractivity contribution is -0.386. The molecule has 1 aromatic heterocycles. The first-order valence-corrected chi connectivity index (χ1v) is 7.05. The summed E-state index contributed by atoms with van der Waals surface area (Å²) in [7, 11) is 0. The molecule has 0 radical (unpaired) electrons. The summed E-state index contributed by atoms with van der Waals surface area (Å²) in [4.78, 5) is 10.5. The highest BCUT2D eigenvalue weighted by Gasteiger charge is 2.28. The summed E-state index contributed by atoms with van der Waals surface area (Å²) in [6.07, 6.45) is 1.97. The van der Waals surface area contributed by atoms with E-state index in [9.17, 15) is 18.9 Å². The molecular weight excluding hydrogens is 320 g/mol. The standard InChI is InChI=1S/C11H9F2N5O3S/c12-10(13)21-9-5-7(3-4-8(9)18(19)20)22-11-14-15-16-17(11)6-1-2-6/h3-6,10H,1-2H2. The van der Waals surface area contributed by atoms with Crippen LogP contribution in [-0.2, 0) is 0 Å². The van der Waals surface area contributed by atoms with Crippen molar-refractivity contribution in [2.24, 2.45) is 0 Å². The summed E-state index contributed by atoms with van der Waals surface area (Å²) in [6.45, 7) is -3.14. The molecule has 0 unspecified atom stereocenters. The molecule has 22 heavy (non-hydrogen) atoms. The molecule has 1 aliphatic carbocycles. The number of rotatable bonds is 6. The van der Waals surface area contributed by atoms with Crippen molar-refractivity contribution >= 4 is 17.4 Å². The molecule has 0 bridgehead atoms. The Morgan fingerprint density at radius 3 is 2.86 bits per heavy atom. The molecule has 2 aromatic rings. The van der Waals surface area contributed by atoms with E-state index in [1.165, 1.54) is 12.1 Å². The van der Waals surface area contributed by atoms with Crippen molar-refractivity contribution in [1.82, 2.24) is 20.2 Å². The largest absolute Gasteiger partial charge is 0.427 e. The Hall–Kier alpha value is -2.30. The van der Waals surface area contributed by atoms with E-state index in [0.717, 1.165) is 30.7 Å². The minimum absolute atomic E-state index is 0.257. The summed E-state index contributed by atoms with van der Waals surface area (Å²) in [5, 5.41) is 22.6. The first-order valence-electron chi connectivity index (χ1n) is 6.23. The summed E-state index contributed by atoms with van der Waals surface area (Å²) < 4.78 is 30.6. The second kappa shape index (κ2) is 5.83. The van der Waals surface area contributed by atoms with Gasteiger partial charge in [-0.25, -0.2) is 4.68 Å². The van der Waals surface area contributed by atoms with E-state index in [4.69, 9.17) is 0 Å². The molecule has 0 atom stereocenters. The van der Waals surface area contributed by atoms with Crippen LogP contribution in [-0.4, -0.2) is 31.7 Å². The van der Waals surface area contributed by atoms with Crippen LogP contribution in [0.4, 0.5) is 14.5 Å². The van der Waals surface area contributed by atoms with Gasteiger partial charge in [-0.3, -0.25) is 10.1 Å². The second-order valence-electron chi connectivity index (χ2n) is 4.50. The quantitative estimate of drug-likeness (QED) is 0.593. The van der Waals surface area contributed by atoms with Gasteiger partial charge in [-0.15, -0.1) is 5.10 Å². The van der Waals surface area contributed by atoms with E-state index in [1.807, 2.05) is 0 Å². The number of benzene rings is 1. The third-order valence-corrected chi connectivity index (χ3v) is 3.85. The molecule has 0 saturated heterocycles. The lowest BCUT2D eigenvalue weighted by atomic mass is 10.3. The number of halogens is 2. The van der Waals surface area contributed by atoms with Gasteiger partial charge in [-0.2, -0.15) is 8.78 Å². The van der Waals surface area contributed by atoms with Crippen molar-refractivity contribution < 1.29 is 18.4 Å². The van der Waals surface area contributed by atoms with Gasteiger partial charge in [-0.05, 0) is 41.1 Å². The van der Waals surface area contributed by atoms with Crippen LogP contribution < -0.4 is 4.74 Å². The van der Waals surface area contributed by atoms with Crippen LogP contribution in [0.5, 0.6) is 5.75 Å². The topological polar surface area (TPSA) is 96.0 Å². The maximum absolute atomic E-state index is 12.4. The molecule has 0 spiro atoms. The fraction of sp³-hybridized carbons (Fsp3) is 0.364. The van der Waals surface area contributed by atoms with Crippen LogP contribution in [0, 0.1) is 10.1 Å². The van der Waals surface area contributed by atoms with E-state index in [0.29, 0.717) is 10.1 Å². The van der Waals surface area contributed by atoms with Crippen LogP contribution in [0.2, 0.25) is 0 Å². The second-order valence-corrected chi connectivity index (χ2v) is 5.55. The number of ether oxygens (including phenoxy) is 1. The maximum Gasteiger partial charge on any atom is 0.387 e. The normalized spacial score (nSPS) is 14.3. The molecule has 1 fully saturated rings. The molecule has 1 saturated carbocycles. The lowest BCUT2D eigenvalue weighted by Crippen LogP contribution is -2.04. The van der Waals surface area contributed by atoms with Gasteiger partial charge < -0.3 is 4.74 Å². The van der Waals surface area contributed by atoms with Crippen molar-refractivity contribution in [1.29, 1.82) is 0 Å². The maximum atomic E-state index is 12.4. The van der Waals surface area contributed by atoms with E-state index in [-0.39, 0.29) is 6.04 Å². The zero-order valence-electron chi connectivity index (χ0n) is 10.9. The molecule has 1 heterocycles. The van der Waals surface area contributed by atoms with Crippen LogP contribution in [0.25, 0.3) is 0 Å². The van der Waals surface area contributed by atoms with Crippen LogP contribution in [0.15, 0.2) is 28.3 Å². The molecule has 11 heteroatoms. The first kappa shape index (κ1) is 14.6. The highest BCUT2D eigenvalue weighted by atomic mass is 32.2. The molecular formula is C11H9F2N5O3S. The van der Waals surface area contributed by atoms with Crippen molar-refractivity contribution in [3.05, 3.63) is 28.3 Å². The fourth-order valence-electron chi connectivity index (χ4n) is 1.81. The smallest absolute Gasteiger partial charge is 0.387 e. The highest BCUT2D eigenvalue weighted by molar-refractivity contribution is 7.99. The summed E-state index contributed by atoms with van der Waals surface area (Å²) in [6, 6.07) is 3.99. The summed E-state index contributed by atoms with van der Waals surface area (Å²) in [5.41, 5.74) is -0.522. The number of hydrogen-bond donors (Lipinski definition) is 0. The number of tetrazole rings is 1. The van der Waals surface area contributed by atoms with Gasteiger partial charge >= 0.3 is 12.3 Å². The zero-order chi connectivity index (χ0) is 15.7. The Bertz CT molecular complexity index is 707. The predicted octanol–water partition coefficient (Wildman–Crippen LogP) is 2.67. The van der Waals surface area contributed by atoms with Gasteiger partial charge in [0.2, 0.25) is 10.9 Å². The molecule has 0 amide bonds. The Labute approximate surface area is 126 Å². The van der Waals surface area contributed by atoms with E-state index in [1.54, 1.807) is 4.68 Å². The number of nitro benzene ring substituents is 1. The van der Waals surface area contributed by atoms with Gasteiger partial charge in [0.25, 0.3) is 0 Å². The predicted molar refractivity (Wildman–Crippen MR) is 69.9 cm³/mol. The van der Waals surface area contributed by atoms with Crippen LogP contribution in [0.3, 0.4) is 0 Å². The molecule has 0 N–H and O–H groups in total. The summed E-state index contributed by atoms with van der Waals surface area (Å²) >= 11 is 1.13. The Morgan fingerprint density at radius 1 is 1.45 bits per heavy atom. The molecule has 116 valence electrons. The molecule has 8 nitrogen and oxygen atoms in total. The monoisotopic (exact) mass is 329 g/mol. The van der Waals surface area contributed by atoms with E-state index >= 15 is 0 Å². The van der Waals surface area contributed by atoms with Gasteiger partial charge in [0.15, 0.2) is 0 Å².